The Balaban J connectivity index is 0.00000274. The van der Waals surface area contributed by atoms with Crippen molar-refractivity contribution >= 4 is 35.6 Å². The lowest BCUT2D eigenvalue weighted by molar-refractivity contribution is -0.137. The summed E-state index contributed by atoms with van der Waals surface area (Å²) in [5.74, 6) is 0.453. The summed E-state index contributed by atoms with van der Waals surface area (Å²) >= 11 is 0. The van der Waals surface area contributed by atoms with Crippen LogP contribution < -0.4 is 20.9 Å². The average molecular weight is 490 g/mol. The third-order valence-corrected chi connectivity index (χ3v) is 6.10. The summed E-state index contributed by atoms with van der Waals surface area (Å²) in [6.45, 7) is 1.89. The minimum Gasteiger partial charge on any atom is -0.366 e. The summed E-state index contributed by atoms with van der Waals surface area (Å²) in [6, 6.07) is 15.5. The molecule has 0 radical (unpaired) electrons. The van der Waals surface area contributed by atoms with Crippen LogP contribution in [0.5, 0.6) is 0 Å². The molecule has 10 heteroatoms. The van der Waals surface area contributed by atoms with Crippen molar-refractivity contribution in [3.63, 3.8) is 0 Å². The Labute approximate surface area is 201 Å². The van der Waals surface area contributed by atoms with E-state index in [9.17, 15) is 18.0 Å². The Morgan fingerprint density at radius 1 is 1.12 bits per heavy atom. The van der Waals surface area contributed by atoms with Crippen molar-refractivity contribution in [3.8, 4) is 11.3 Å². The second-order valence-electron chi connectivity index (χ2n) is 8.21. The molecule has 178 valence electrons. The summed E-state index contributed by atoms with van der Waals surface area (Å²) in [5, 5.41) is 2.91. The number of halogens is 4. The van der Waals surface area contributed by atoms with Crippen molar-refractivity contribution in [2.45, 2.75) is 25.2 Å². The number of anilines is 3. The fourth-order valence-corrected chi connectivity index (χ4v) is 4.39. The maximum absolute atomic E-state index is 13.3. The molecule has 1 aromatic heterocycles. The number of carbonyl (C=O) groups is 1. The molecule has 3 heterocycles. The molecule has 34 heavy (non-hydrogen) atoms. The summed E-state index contributed by atoms with van der Waals surface area (Å²) in [4.78, 5) is 21.7. The Kier molecular flexibility index (Phi) is 6.42. The van der Waals surface area contributed by atoms with Crippen molar-refractivity contribution in [3.05, 3.63) is 71.8 Å². The molecule has 0 aliphatic carbocycles. The lowest BCUT2D eigenvalue weighted by atomic mass is 10.1. The number of benzene rings is 2. The summed E-state index contributed by atoms with van der Waals surface area (Å²) < 4.78 is 39.6. The molecular formula is C24H23ClF3N5O. The van der Waals surface area contributed by atoms with E-state index < -0.39 is 11.7 Å². The molecular weight excluding hydrogens is 467 g/mol. The van der Waals surface area contributed by atoms with Crippen molar-refractivity contribution in [2.75, 3.05) is 28.2 Å². The van der Waals surface area contributed by atoms with E-state index in [0.717, 1.165) is 36.3 Å². The number of nitrogens with one attached hydrogen (secondary N) is 1. The van der Waals surface area contributed by atoms with Gasteiger partial charge in [0, 0.05) is 30.9 Å². The number of amides is 2. The number of hydrogen-bond donors (Lipinski definition) is 2. The van der Waals surface area contributed by atoms with Gasteiger partial charge in [0.1, 0.15) is 0 Å². The van der Waals surface area contributed by atoms with Crippen molar-refractivity contribution in [1.82, 2.24) is 4.98 Å². The highest BCUT2D eigenvalue weighted by molar-refractivity contribution is 6.04. The van der Waals surface area contributed by atoms with Crippen molar-refractivity contribution < 1.29 is 18.0 Å². The standard InChI is InChI=1S/C24H22F3N5O.ClH/c25-24(26,27)17-3-1-2-16(12-17)20-8-9-21-22(30-20)32(19-10-11-31(21)14-19)23(33)29-18-6-4-15(13-28)5-7-18;/h1-9,12,19H,10-11,13-14,28H2,(H,29,33);1H/t19-;/m0./s1. The zero-order valence-electron chi connectivity index (χ0n) is 18.0. The van der Waals surface area contributed by atoms with Gasteiger partial charge in [-0.3, -0.25) is 4.90 Å². The first-order chi connectivity index (χ1) is 15.8. The van der Waals surface area contributed by atoms with Gasteiger partial charge in [-0.15, -0.1) is 12.4 Å². The first kappa shape index (κ1) is 23.8. The van der Waals surface area contributed by atoms with E-state index in [1.54, 1.807) is 29.2 Å². The third kappa shape index (κ3) is 4.41. The van der Waals surface area contributed by atoms with E-state index in [0.29, 0.717) is 35.9 Å². The van der Waals surface area contributed by atoms with Crippen LogP contribution in [0.3, 0.4) is 0 Å². The second kappa shape index (κ2) is 9.15. The van der Waals surface area contributed by atoms with Gasteiger partial charge < -0.3 is 16.0 Å². The largest absolute Gasteiger partial charge is 0.416 e. The number of carbonyl (C=O) groups excluding carboxylic acids is 1. The van der Waals surface area contributed by atoms with E-state index in [4.69, 9.17) is 5.73 Å². The predicted molar refractivity (Wildman–Crippen MR) is 128 cm³/mol. The number of rotatable bonds is 3. The minimum absolute atomic E-state index is 0. The second-order valence-corrected chi connectivity index (χ2v) is 8.21. The van der Waals surface area contributed by atoms with E-state index >= 15 is 0 Å². The van der Waals surface area contributed by atoms with Gasteiger partial charge in [0.2, 0.25) is 0 Å². The fraction of sp³-hybridized carbons (Fsp3) is 0.250. The first-order valence-electron chi connectivity index (χ1n) is 10.7. The van der Waals surface area contributed by atoms with Gasteiger partial charge in [-0.2, -0.15) is 13.2 Å². The molecule has 6 nitrogen and oxygen atoms in total. The number of aromatic nitrogens is 1. The van der Waals surface area contributed by atoms with Crippen LogP contribution in [0.4, 0.5) is 35.2 Å². The van der Waals surface area contributed by atoms with Crippen LogP contribution in [-0.2, 0) is 12.7 Å². The molecule has 0 spiro atoms. The highest BCUT2D eigenvalue weighted by Gasteiger charge is 2.40. The Morgan fingerprint density at radius 3 is 2.59 bits per heavy atom. The number of alkyl halides is 3. The maximum atomic E-state index is 13.3. The van der Waals surface area contributed by atoms with Gasteiger partial charge in [0.15, 0.2) is 5.82 Å². The van der Waals surface area contributed by atoms with Crippen LogP contribution in [0.1, 0.15) is 17.5 Å². The van der Waals surface area contributed by atoms with E-state index in [1.807, 2.05) is 18.2 Å². The normalized spacial score (nSPS) is 16.6. The molecule has 2 amide bonds. The molecule has 2 aromatic carbocycles. The monoisotopic (exact) mass is 489 g/mol. The highest BCUT2D eigenvalue weighted by atomic mass is 35.5. The van der Waals surface area contributed by atoms with Gasteiger partial charge in [-0.05, 0) is 48.4 Å². The van der Waals surface area contributed by atoms with Crippen molar-refractivity contribution in [1.29, 1.82) is 0 Å². The van der Waals surface area contributed by atoms with Crippen LogP contribution in [0.2, 0.25) is 0 Å². The first-order valence-corrected chi connectivity index (χ1v) is 10.7. The number of urea groups is 1. The summed E-state index contributed by atoms with van der Waals surface area (Å²) in [7, 11) is 0. The van der Waals surface area contributed by atoms with Gasteiger partial charge in [-0.25, -0.2) is 9.78 Å². The van der Waals surface area contributed by atoms with E-state index in [1.165, 1.54) is 6.07 Å². The van der Waals surface area contributed by atoms with Gasteiger partial charge in [0.05, 0.1) is 23.0 Å². The number of hydrogen-bond acceptors (Lipinski definition) is 4. The molecule has 3 N–H and O–H groups in total. The maximum Gasteiger partial charge on any atom is 0.416 e. The molecule has 1 fully saturated rings. The third-order valence-electron chi connectivity index (χ3n) is 6.10. The molecule has 1 saturated heterocycles. The Bertz CT molecular complexity index is 1200. The molecule has 5 rings (SSSR count). The zero-order chi connectivity index (χ0) is 23.2. The topological polar surface area (TPSA) is 74.5 Å². The Morgan fingerprint density at radius 2 is 1.88 bits per heavy atom. The van der Waals surface area contributed by atoms with E-state index in [2.05, 4.69) is 15.2 Å². The quantitative estimate of drug-likeness (QED) is 0.525. The minimum atomic E-state index is -4.44. The lowest BCUT2D eigenvalue weighted by Gasteiger charge is -2.36. The molecule has 2 aliphatic rings. The highest BCUT2D eigenvalue weighted by Crippen LogP contribution is 2.41. The number of nitrogens with two attached hydrogens (primary N) is 1. The Hall–Kier alpha value is -3.30. The van der Waals surface area contributed by atoms with Crippen LogP contribution in [0, 0.1) is 0 Å². The number of nitrogens with zero attached hydrogens (tertiary/aromatic N) is 3. The summed E-state index contributed by atoms with van der Waals surface area (Å²) in [6.07, 6.45) is -3.66. The van der Waals surface area contributed by atoms with Gasteiger partial charge >= 0.3 is 12.2 Å². The molecule has 0 saturated carbocycles. The SMILES string of the molecule is Cl.NCc1ccc(NC(=O)N2c3nc(-c4cccc(C(F)(F)F)c4)ccc3N3CC[C@H]2C3)cc1. The molecule has 2 bridgehead atoms. The van der Waals surface area contributed by atoms with Crippen LogP contribution in [-0.4, -0.2) is 30.1 Å². The van der Waals surface area contributed by atoms with Crippen molar-refractivity contribution in [2.24, 2.45) is 5.73 Å². The number of pyridine rings is 1. The average Bonchev–Trinajstić information content (AvgIpc) is 3.23. The van der Waals surface area contributed by atoms with Crippen LogP contribution in [0.25, 0.3) is 11.3 Å². The number of fused-ring (bicyclic) bond motifs is 4. The van der Waals surface area contributed by atoms with Crippen LogP contribution in [0.15, 0.2) is 60.7 Å². The fourth-order valence-electron chi connectivity index (χ4n) is 4.39. The zero-order valence-corrected chi connectivity index (χ0v) is 18.9. The predicted octanol–water partition coefficient (Wildman–Crippen LogP) is 5.28. The molecule has 1 atom stereocenters. The van der Waals surface area contributed by atoms with Gasteiger partial charge in [-0.1, -0.05) is 24.3 Å². The van der Waals surface area contributed by atoms with Gasteiger partial charge in [0.25, 0.3) is 0 Å². The lowest BCUT2D eigenvalue weighted by Crippen LogP contribution is -2.48. The molecule has 3 aromatic rings. The smallest absolute Gasteiger partial charge is 0.366 e. The van der Waals surface area contributed by atoms with E-state index in [-0.39, 0.29) is 24.5 Å². The summed E-state index contributed by atoms with van der Waals surface area (Å²) in [5.41, 5.74) is 8.01. The molecule has 0 unspecified atom stereocenters. The molecule has 2 aliphatic heterocycles. The van der Waals surface area contributed by atoms with Crippen LogP contribution >= 0.6 is 12.4 Å².